The Morgan fingerprint density at radius 2 is 2.23 bits per heavy atom. The highest BCUT2D eigenvalue weighted by molar-refractivity contribution is 5.75. The van der Waals surface area contributed by atoms with Crippen molar-refractivity contribution in [1.82, 2.24) is 10.2 Å². The molecular weight excluding hydrogens is 289 g/mol. The maximum Gasteiger partial charge on any atom is 0.317 e. The number of carbonyl (C=O) groups is 1. The fourth-order valence-electron chi connectivity index (χ4n) is 2.34. The molecule has 22 heavy (non-hydrogen) atoms. The number of rotatable bonds is 5. The summed E-state index contributed by atoms with van der Waals surface area (Å²) in [4.78, 5) is 13.2. The second kappa shape index (κ2) is 7.61. The molecule has 0 bridgehead atoms. The van der Waals surface area contributed by atoms with E-state index in [0.29, 0.717) is 11.3 Å². The molecule has 1 saturated heterocycles. The Kier molecular flexibility index (Phi) is 5.55. The molecule has 118 valence electrons. The smallest absolute Gasteiger partial charge is 0.317 e. The topological polar surface area (TPSA) is 85.6 Å². The highest BCUT2D eigenvalue weighted by atomic mass is 19.1. The molecule has 1 aliphatic rings. The first-order valence-electron chi connectivity index (χ1n) is 7.06. The largest absolute Gasteiger partial charge is 0.492 e. The molecule has 0 aliphatic carbocycles. The van der Waals surface area contributed by atoms with Crippen LogP contribution in [0, 0.1) is 11.3 Å². The number of nitrogens with zero attached hydrogens (tertiary/aromatic N) is 2. The van der Waals surface area contributed by atoms with Crippen LogP contribution in [0.3, 0.4) is 0 Å². The van der Waals surface area contributed by atoms with Crippen LogP contribution in [0.1, 0.15) is 12.0 Å². The molecule has 7 heteroatoms. The SMILES string of the molecule is N#Cc1ccc(OCCNC(=O)N2CC(F)CC2CO)cc1. The van der Waals surface area contributed by atoms with Crippen molar-refractivity contribution in [1.29, 1.82) is 5.26 Å². The van der Waals surface area contributed by atoms with Crippen LogP contribution < -0.4 is 10.1 Å². The zero-order chi connectivity index (χ0) is 15.9. The molecule has 1 fully saturated rings. The van der Waals surface area contributed by atoms with Gasteiger partial charge in [0.15, 0.2) is 0 Å². The van der Waals surface area contributed by atoms with Gasteiger partial charge in [-0.15, -0.1) is 0 Å². The number of ether oxygens (including phenoxy) is 1. The Morgan fingerprint density at radius 1 is 1.50 bits per heavy atom. The summed E-state index contributed by atoms with van der Waals surface area (Å²) in [6, 6.07) is 7.79. The highest BCUT2D eigenvalue weighted by Gasteiger charge is 2.34. The number of halogens is 1. The fraction of sp³-hybridized carbons (Fsp3) is 0.467. The number of urea groups is 1. The van der Waals surface area contributed by atoms with E-state index in [2.05, 4.69) is 5.32 Å². The quantitative estimate of drug-likeness (QED) is 0.796. The normalized spacial score (nSPS) is 20.5. The van der Waals surface area contributed by atoms with Gasteiger partial charge in [-0.3, -0.25) is 0 Å². The van der Waals surface area contributed by atoms with Crippen LogP contribution in [0.25, 0.3) is 0 Å². The van der Waals surface area contributed by atoms with E-state index in [0.717, 1.165) is 0 Å². The van der Waals surface area contributed by atoms with E-state index in [-0.39, 0.29) is 32.7 Å². The van der Waals surface area contributed by atoms with E-state index in [1.165, 1.54) is 4.90 Å². The van der Waals surface area contributed by atoms with Gasteiger partial charge < -0.3 is 20.1 Å². The molecule has 2 atom stereocenters. The third-order valence-corrected chi connectivity index (χ3v) is 3.47. The molecular formula is C15H18FN3O3. The molecule has 2 unspecified atom stereocenters. The summed E-state index contributed by atoms with van der Waals surface area (Å²) in [6.07, 6.45) is -0.913. The van der Waals surface area contributed by atoms with E-state index < -0.39 is 18.2 Å². The highest BCUT2D eigenvalue weighted by Crippen LogP contribution is 2.19. The van der Waals surface area contributed by atoms with Gasteiger partial charge in [0.05, 0.1) is 37.4 Å². The van der Waals surface area contributed by atoms with Crippen LogP contribution in [0.15, 0.2) is 24.3 Å². The van der Waals surface area contributed by atoms with Crippen molar-refractivity contribution >= 4 is 6.03 Å². The predicted octanol–water partition coefficient (Wildman–Crippen LogP) is 1.05. The summed E-state index contributed by atoms with van der Waals surface area (Å²) in [5.41, 5.74) is 0.547. The summed E-state index contributed by atoms with van der Waals surface area (Å²) in [5, 5.41) is 20.4. The lowest BCUT2D eigenvalue weighted by atomic mass is 10.2. The Labute approximate surface area is 128 Å². The molecule has 6 nitrogen and oxygen atoms in total. The van der Waals surface area contributed by atoms with Crippen molar-refractivity contribution in [3.8, 4) is 11.8 Å². The van der Waals surface area contributed by atoms with E-state index in [9.17, 15) is 9.18 Å². The van der Waals surface area contributed by atoms with Crippen LogP contribution >= 0.6 is 0 Å². The van der Waals surface area contributed by atoms with Crippen LogP contribution in [-0.4, -0.2) is 54.6 Å². The summed E-state index contributed by atoms with van der Waals surface area (Å²) < 4.78 is 18.7. The van der Waals surface area contributed by atoms with Crippen molar-refractivity contribution in [3.05, 3.63) is 29.8 Å². The van der Waals surface area contributed by atoms with E-state index in [1.807, 2.05) is 6.07 Å². The molecule has 0 spiro atoms. The van der Waals surface area contributed by atoms with Crippen LogP contribution in [0.2, 0.25) is 0 Å². The van der Waals surface area contributed by atoms with Crippen LogP contribution in [0.4, 0.5) is 9.18 Å². The van der Waals surface area contributed by atoms with Gasteiger partial charge in [-0.1, -0.05) is 0 Å². The Bertz CT molecular complexity index is 544. The van der Waals surface area contributed by atoms with Gasteiger partial charge in [0.25, 0.3) is 0 Å². The average molecular weight is 307 g/mol. The van der Waals surface area contributed by atoms with Crippen molar-refractivity contribution in [2.75, 3.05) is 26.3 Å². The molecule has 2 rings (SSSR count). The molecule has 0 radical (unpaired) electrons. The lowest BCUT2D eigenvalue weighted by molar-refractivity contribution is 0.155. The van der Waals surface area contributed by atoms with Gasteiger partial charge in [0.2, 0.25) is 0 Å². The number of amides is 2. The predicted molar refractivity (Wildman–Crippen MR) is 77.1 cm³/mol. The van der Waals surface area contributed by atoms with Crippen molar-refractivity contribution in [2.45, 2.75) is 18.6 Å². The second-order valence-corrected chi connectivity index (χ2v) is 5.04. The van der Waals surface area contributed by atoms with Crippen molar-refractivity contribution < 1.29 is 19.0 Å². The number of hydrogen-bond donors (Lipinski definition) is 2. The summed E-state index contributed by atoms with van der Waals surface area (Å²) in [5.74, 6) is 0.603. The van der Waals surface area contributed by atoms with E-state index >= 15 is 0 Å². The maximum atomic E-state index is 13.3. The van der Waals surface area contributed by atoms with Gasteiger partial charge >= 0.3 is 6.03 Å². The fourth-order valence-corrected chi connectivity index (χ4v) is 2.34. The minimum Gasteiger partial charge on any atom is -0.492 e. The zero-order valence-corrected chi connectivity index (χ0v) is 12.0. The number of benzene rings is 1. The standard InChI is InChI=1S/C15H18FN3O3/c16-12-7-13(10-20)19(9-12)15(21)18-5-6-22-14-3-1-11(8-17)2-4-14/h1-4,12-13,20H,5-7,9-10H2,(H,18,21). The van der Waals surface area contributed by atoms with Crippen LogP contribution in [0.5, 0.6) is 5.75 Å². The third-order valence-electron chi connectivity index (χ3n) is 3.47. The van der Waals surface area contributed by atoms with Gasteiger partial charge in [-0.25, -0.2) is 9.18 Å². The molecule has 1 heterocycles. The van der Waals surface area contributed by atoms with Gasteiger partial charge in [-0.2, -0.15) is 5.26 Å². The van der Waals surface area contributed by atoms with Crippen molar-refractivity contribution in [2.24, 2.45) is 0 Å². The first-order valence-corrected chi connectivity index (χ1v) is 7.06. The molecule has 1 aliphatic heterocycles. The first-order chi connectivity index (χ1) is 10.6. The number of aliphatic hydroxyl groups excluding tert-OH is 1. The Balaban J connectivity index is 1.72. The molecule has 1 aromatic rings. The lowest BCUT2D eigenvalue weighted by Gasteiger charge is -2.22. The molecule has 1 aromatic carbocycles. The van der Waals surface area contributed by atoms with Gasteiger partial charge in [0, 0.05) is 6.42 Å². The monoisotopic (exact) mass is 307 g/mol. The van der Waals surface area contributed by atoms with Crippen LogP contribution in [-0.2, 0) is 0 Å². The van der Waals surface area contributed by atoms with E-state index in [4.69, 9.17) is 15.1 Å². The van der Waals surface area contributed by atoms with E-state index in [1.54, 1.807) is 24.3 Å². The van der Waals surface area contributed by atoms with Gasteiger partial charge in [0.1, 0.15) is 18.5 Å². The number of nitrogens with one attached hydrogen (secondary N) is 1. The Morgan fingerprint density at radius 3 is 2.86 bits per heavy atom. The molecule has 2 N–H and O–H groups in total. The maximum absolute atomic E-state index is 13.3. The molecule has 0 aromatic heterocycles. The lowest BCUT2D eigenvalue weighted by Crippen LogP contribution is -2.45. The first kappa shape index (κ1) is 16.0. The number of carbonyl (C=O) groups excluding carboxylic acids is 1. The number of hydrogen-bond acceptors (Lipinski definition) is 4. The number of aliphatic hydroxyl groups is 1. The summed E-state index contributed by atoms with van der Waals surface area (Å²) in [7, 11) is 0. The second-order valence-electron chi connectivity index (χ2n) is 5.04. The summed E-state index contributed by atoms with van der Waals surface area (Å²) >= 11 is 0. The summed E-state index contributed by atoms with van der Waals surface area (Å²) in [6.45, 7) is 0.294. The third kappa shape index (κ3) is 4.09. The average Bonchev–Trinajstić information content (AvgIpc) is 2.93. The zero-order valence-electron chi connectivity index (χ0n) is 12.0. The molecule has 2 amide bonds. The molecule has 0 saturated carbocycles. The van der Waals surface area contributed by atoms with Crippen molar-refractivity contribution in [3.63, 3.8) is 0 Å². The minimum absolute atomic E-state index is 0.00748. The number of alkyl halides is 1. The number of nitriles is 1. The minimum atomic E-state index is -1.09. The number of likely N-dealkylation sites (tertiary alicyclic amines) is 1. The van der Waals surface area contributed by atoms with Gasteiger partial charge in [-0.05, 0) is 24.3 Å². The Hall–Kier alpha value is -2.33.